The minimum atomic E-state index is -0.215. The number of nitrogens with zero attached hydrogens (tertiary/aromatic N) is 2. The number of nitrogens with one attached hydrogen (secondary N) is 1. The van der Waals surface area contributed by atoms with E-state index < -0.39 is 0 Å². The summed E-state index contributed by atoms with van der Waals surface area (Å²) in [5, 5.41) is 15.3. The van der Waals surface area contributed by atoms with Crippen LogP contribution in [0.15, 0.2) is 29.6 Å². The highest BCUT2D eigenvalue weighted by atomic mass is 32.1. The smallest absolute Gasteiger partial charge is 0.231 e. The maximum absolute atomic E-state index is 12.1. The number of thiazole rings is 1. The fourth-order valence-electron chi connectivity index (χ4n) is 2.73. The van der Waals surface area contributed by atoms with Gasteiger partial charge in [0.1, 0.15) is 5.01 Å². The van der Waals surface area contributed by atoms with E-state index >= 15 is 0 Å². The molecule has 2 N–H and O–H groups in total. The second kappa shape index (κ2) is 7.21. The number of para-hydroxylation sites is 1. The molecule has 2 aromatic rings. The normalized spacial score (nSPS) is 18.3. The van der Waals surface area contributed by atoms with Crippen molar-refractivity contribution in [1.82, 2.24) is 9.88 Å². The van der Waals surface area contributed by atoms with E-state index in [0.29, 0.717) is 13.0 Å². The van der Waals surface area contributed by atoms with Crippen LogP contribution >= 0.6 is 11.3 Å². The van der Waals surface area contributed by atoms with Crippen molar-refractivity contribution in [1.29, 1.82) is 0 Å². The molecular formula is C17H21N3O2S. The van der Waals surface area contributed by atoms with Crippen LogP contribution in [0.3, 0.4) is 0 Å². The van der Waals surface area contributed by atoms with Gasteiger partial charge in [0.05, 0.1) is 18.2 Å². The summed E-state index contributed by atoms with van der Waals surface area (Å²) >= 11 is 1.52. The molecule has 1 amide bonds. The number of anilines is 1. The van der Waals surface area contributed by atoms with Gasteiger partial charge in [-0.1, -0.05) is 18.2 Å². The summed E-state index contributed by atoms with van der Waals surface area (Å²) in [6.45, 7) is 4.33. The van der Waals surface area contributed by atoms with E-state index in [1.54, 1.807) is 0 Å². The average Bonchev–Trinajstić information content (AvgIpc) is 3.11. The van der Waals surface area contributed by atoms with Crippen molar-refractivity contribution in [3.05, 3.63) is 45.9 Å². The van der Waals surface area contributed by atoms with Crippen molar-refractivity contribution in [3.8, 4) is 0 Å². The molecule has 0 spiro atoms. The molecule has 2 heterocycles. The Hall–Kier alpha value is -1.76. The van der Waals surface area contributed by atoms with Crippen molar-refractivity contribution >= 4 is 22.9 Å². The first-order chi connectivity index (χ1) is 11.1. The van der Waals surface area contributed by atoms with Crippen LogP contribution in [-0.2, 0) is 17.8 Å². The Morgan fingerprint density at radius 2 is 2.30 bits per heavy atom. The first kappa shape index (κ1) is 16.1. The highest BCUT2D eigenvalue weighted by molar-refractivity contribution is 7.09. The Bertz CT molecular complexity index is 686. The van der Waals surface area contributed by atoms with Crippen LogP contribution in [0.4, 0.5) is 5.69 Å². The molecule has 1 atom stereocenters. The predicted molar refractivity (Wildman–Crippen MR) is 91.5 cm³/mol. The van der Waals surface area contributed by atoms with Crippen molar-refractivity contribution in [3.63, 3.8) is 0 Å². The second-order valence-corrected chi connectivity index (χ2v) is 6.89. The van der Waals surface area contributed by atoms with E-state index in [1.807, 2.05) is 36.6 Å². The summed E-state index contributed by atoms with van der Waals surface area (Å²) < 4.78 is 0. The standard InChI is InChI=1S/C17H21N3O2S/c1-12-4-2-3-5-15(12)19-16(22)8-17-18-13(11-23-17)9-20-7-6-14(21)10-20/h2-5,11,14,21H,6-10H2,1H3,(H,19,22)/t14-/m0/s1. The third kappa shape index (κ3) is 4.37. The highest BCUT2D eigenvalue weighted by Crippen LogP contribution is 2.18. The summed E-state index contributed by atoms with van der Waals surface area (Å²) in [7, 11) is 0. The fourth-order valence-corrected chi connectivity index (χ4v) is 3.52. The Labute approximate surface area is 140 Å². The topological polar surface area (TPSA) is 65.5 Å². The van der Waals surface area contributed by atoms with Crippen LogP contribution in [0.2, 0.25) is 0 Å². The molecule has 1 saturated heterocycles. The summed E-state index contributed by atoms with van der Waals surface area (Å²) in [5.41, 5.74) is 2.87. The van der Waals surface area contributed by atoms with E-state index in [4.69, 9.17) is 0 Å². The molecule has 1 fully saturated rings. The Morgan fingerprint density at radius 1 is 1.48 bits per heavy atom. The molecule has 1 aliphatic heterocycles. The number of aryl methyl sites for hydroxylation is 1. The van der Waals surface area contributed by atoms with Gasteiger partial charge in [0, 0.05) is 30.7 Å². The number of rotatable bonds is 5. The lowest BCUT2D eigenvalue weighted by Crippen LogP contribution is -2.21. The van der Waals surface area contributed by atoms with Crippen molar-refractivity contribution in [2.24, 2.45) is 0 Å². The molecule has 122 valence electrons. The largest absolute Gasteiger partial charge is 0.392 e. The van der Waals surface area contributed by atoms with Gasteiger partial charge in [-0.25, -0.2) is 4.98 Å². The molecule has 1 aromatic carbocycles. The number of aliphatic hydroxyl groups excluding tert-OH is 1. The van der Waals surface area contributed by atoms with Gasteiger partial charge in [0.15, 0.2) is 0 Å². The van der Waals surface area contributed by atoms with Crippen LogP contribution in [0.1, 0.15) is 22.7 Å². The number of likely N-dealkylation sites (tertiary alicyclic amines) is 1. The molecule has 0 radical (unpaired) electrons. The summed E-state index contributed by atoms with van der Waals surface area (Å²) in [5.74, 6) is -0.0446. The first-order valence-electron chi connectivity index (χ1n) is 7.79. The Kier molecular flexibility index (Phi) is 5.05. The van der Waals surface area contributed by atoms with Gasteiger partial charge in [-0.3, -0.25) is 9.69 Å². The minimum absolute atomic E-state index is 0.0446. The van der Waals surface area contributed by atoms with E-state index in [0.717, 1.165) is 41.5 Å². The Balaban J connectivity index is 1.54. The predicted octanol–water partition coefficient (Wildman–Crippen LogP) is 2.20. The maximum Gasteiger partial charge on any atom is 0.231 e. The lowest BCUT2D eigenvalue weighted by Gasteiger charge is -2.12. The molecule has 23 heavy (non-hydrogen) atoms. The molecule has 0 unspecified atom stereocenters. The van der Waals surface area contributed by atoms with Crippen LogP contribution in [-0.4, -0.2) is 40.1 Å². The second-order valence-electron chi connectivity index (χ2n) is 5.95. The van der Waals surface area contributed by atoms with Crippen LogP contribution in [0.25, 0.3) is 0 Å². The molecule has 1 aliphatic rings. The van der Waals surface area contributed by atoms with E-state index in [2.05, 4.69) is 15.2 Å². The van der Waals surface area contributed by atoms with Crippen LogP contribution in [0.5, 0.6) is 0 Å². The number of hydrogen-bond acceptors (Lipinski definition) is 5. The third-order valence-corrected chi connectivity index (χ3v) is 4.86. The van der Waals surface area contributed by atoms with E-state index in [1.165, 1.54) is 11.3 Å². The minimum Gasteiger partial charge on any atom is -0.392 e. The molecular weight excluding hydrogens is 310 g/mol. The zero-order chi connectivity index (χ0) is 16.2. The molecule has 6 heteroatoms. The highest BCUT2D eigenvalue weighted by Gasteiger charge is 2.21. The summed E-state index contributed by atoms with van der Waals surface area (Å²) in [4.78, 5) is 18.9. The molecule has 0 aliphatic carbocycles. The number of amides is 1. The molecule has 3 rings (SSSR count). The first-order valence-corrected chi connectivity index (χ1v) is 8.67. The summed E-state index contributed by atoms with van der Waals surface area (Å²) in [6.07, 6.45) is 0.908. The monoisotopic (exact) mass is 331 g/mol. The van der Waals surface area contributed by atoms with Gasteiger partial charge in [-0.15, -0.1) is 11.3 Å². The molecule has 0 saturated carbocycles. The van der Waals surface area contributed by atoms with Crippen molar-refractivity contribution in [2.45, 2.75) is 32.4 Å². The van der Waals surface area contributed by atoms with Gasteiger partial charge in [0.2, 0.25) is 5.91 Å². The van der Waals surface area contributed by atoms with Gasteiger partial charge >= 0.3 is 0 Å². The van der Waals surface area contributed by atoms with Crippen molar-refractivity contribution in [2.75, 3.05) is 18.4 Å². The summed E-state index contributed by atoms with van der Waals surface area (Å²) in [6, 6.07) is 7.74. The number of carbonyl (C=O) groups excluding carboxylic acids is 1. The number of carbonyl (C=O) groups is 1. The quantitative estimate of drug-likeness (QED) is 0.881. The lowest BCUT2D eigenvalue weighted by molar-refractivity contribution is -0.115. The molecule has 1 aromatic heterocycles. The van der Waals surface area contributed by atoms with Crippen LogP contribution in [0, 0.1) is 6.92 Å². The number of aromatic nitrogens is 1. The average molecular weight is 331 g/mol. The molecule has 5 nitrogen and oxygen atoms in total. The SMILES string of the molecule is Cc1ccccc1NC(=O)Cc1nc(CN2CC[C@H](O)C2)cs1. The number of β-amino-alcohol motifs (C(OH)–C–C–N with tert-alkyl or cyclic N) is 1. The van der Waals surface area contributed by atoms with Gasteiger partial charge in [-0.2, -0.15) is 0 Å². The lowest BCUT2D eigenvalue weighted by atomic mass is 10.2. The van der Waals surface area contributed by atoms with Gasteiger partial charge in [-0.05, 0) is 25.0 Å². The van der Waals surface area contributed by atoms with Gasteiger partial charge < -0.3 is 10.4 Å². The van der Waals surface area contributed by atoms with Gasteiger partial charge in [0.25, 0.3) is 0 Å². The fraction of sp³-hybridized carbons (Fsp3) is 0.412. The zero-order valence-electron chi connectivity index (χ0n) is 13.2. The maximum atomic E-state index is 12.1. The Morgan fingerprint density at radius 3 is 3.04 bits per heavy atom. The van der Waals surface area contributed by atoms with Crippen LogP contribution < -0.4 is 5.32 Å². The number of hydrogen-bond donors (Lipinski definition) is 2. The van der Waals surface area contributed by atoms with Crippen molar-refractivity contribution < 1.29 is 9.90 Å². The van der Waals surface area contributed by atoms with E-state index in [-0.39, 0.29) is 12.0 Å². The number of aliphatic hydroxyl groups is 1. The third-order valence-electron chi connectivity index (χ3n) is 3.96. The zero-order valence-corrected chi connectivity index (χ0v) is 14.0. The molecule has 0 bridgehead atoms. The number of benzene rings is 1. The van der Waals surface area contributed by atoms with E-state index in [9.17, 15) is 9.90 Å².